The minimum absolute atomic E-state index is 0. The van der Waals surface area contributed by atoms with Crippen LogP contribution in [0.3, 0.4) is 0 Å². The molecule has 0 aromatic heterocycles. The van der Waals surface area contributed by atoms with E-state index in [1.54, 1.807) is 4.90 Å². The van der Waals surface area contributed by atoms with Crippen LogP contribution in [0.25, 0.3) is 0 Å². The summed E-state index contributed by atoms with van der Waals surface area (Å²) in [6.07, 6.45) is 0.614. The van der Waals surface area contributed by atoms with Gasteiger partial charge < -0.3 is 10.6 Å². The quantitative estimate of drug-likeness (QED) is 0.657. The zero-order chi connectivity index (χ0) is 18.9. The van der Waals surface area contributed by atoms with Crippen LogP contribution in [0.4, 0.5) is 8.78 Å². The molecule has 0 radical (unpaired) electrons. The molecule has 2 N–H and O–H groups in total. The van der Waals surface area contributed by atoms with Crippen molar-refractivity contribution in [2.75, 3.05) is 13.1 Å². The fraction of sp³-hybridized carbons (Fsp3) is 0.300. The summed E-state index contributed by atoms with van der Waals surface area (Å²) in [5.41, 5.74) is 6.59. The van der Waals surface area contributed by atoms with E-state index in [1.165, 1.54) is 6.07 Å². The molecular formula is C20H23ClF2N2O2. The molecule has 2 aromatic carbocycles. The number of carbonyl (C=O) groups is 2. The van der Waals surface area contributed by atoms with E-state index in [-0.39, 0.29) is 36.7 Å². The molecule has 0 saturated heterocycles. The summed E-state index contributed by atoms with van der Waals surface area (Å²) in [6.45, 7) is 1.41. The summed E-state index contributed by atoms with van der Waals surface area (Å²) in [5.74, 6) is -2.64. The first-order valence-electron chi connectivity index (χ1n) is 8.51. The van der Waals surface area contributed by atoms with Crippen LogP contribution in [0, 0.1) is 11.6 Å². The van der Waals surface area contributed by atoms with Crippen molar-refractivity contribution in [3.05, 3.63) is 71.3 Å². The van der Waals surface area contributed by atoms with Crippen LogP contribution in [0.5, 0.6) is 0 Å². The number of hydrogen-bond donors (Lipinski definition) is 1. The summed E-state index contributed by atoms with van der Waals surface area (Å²) in [6, 6.07) is 12.5. The van der Waals surface area contributed by atoms with Gasteiger partial charge in [0.1, 0.15) is 0 Å². The van der Waals surface area contributed by atoms with E-state index < -0.39 is 17.4 Å². The third kappa shape index (κ3) is 7.07. The van der Waals surface area contributed by atoms with Gasteiger partial charge in [-0.05, 0) is 36.7 Å². The van der Waals surface area contributed by atoms with Gasteiger partial charge in [0.2, 0.25) is 5.91 Å². The number of hydrogen-bond acceptors (Lipinski definition) is 3. The average molecular weight is 397 g/mol. The molecular weight excluding hydrogens is 374 g/mol. The normalized spacial score (nSPS) is 10.2. The number of halogens is 3. The summed E-state index contributed by atoms with van der Waals surface area (Å²) < 4.78 is 26.2. The van der Waals surface area contributed by atoms with Gasteiger partial charge in [0.05, 0.1) is 0 Å². The molecule has 4 nitrogen and oxygen atoms in total. The second-order valence-electron chi connectivity index (χ2n) is 6.00. The van der Waals surface area contributed by atoms with Crippen LogP contribution in [0.2, 0.25) is 0 Å². The summed E-state index contributed by atoms with van der Waals surface area (Å²) in [4.78, 5) is 26.3. The van der Waals surface area contributed by atoms with E-state index in [0.717, 1.165) is 17.7 Å². The first-order chi connectivity index (χ1) is 12.5. The molecule has 146 valence electrons. The molecule has 0 heterocycles. The van der Waals surface area contributed by atoms with E-state index in [0.29, 0.717) is 26.1 Å². The number of nitrogens with zero attached hydrogens (tertiary/aromatic N) is 1. The Labute approximate surface area is 163 Å². The van der Waals surface area contributed by atoms with E-state index in [2.05, 4.69) is 0 Å². The Bertz CT molecular complexity index is 757. The second kappa shape index (κ2) is 11.4. The SMILES string of the molecule is Cl.NCCCN(Cc1ccccc1)C(=O)CCC(=O)c1ccc(F)c(F)c1. The average Bonchev–Trinajstić information content (AvgIpc) is 2.65. The van der Waals surface area contributed by atoms with Crippen molar-refractivity contribution < 1.29 is 18.4 Å². The number of carbonyl (C=O) groups excluding carboxylic acids is 2. The van der Waals surface area contributed by atoms with Crippen molar-refractivity contribution in [3.8, 4) is 0 Å². The Balaban J connectivity index is 0.00000364. The van der Waals surface area contributed by atoms with Crippen molar-refractivity contribution in [3.63, 3.8) is 0 Å². The Hall–Kier alpha value is -2.31. The fourth-order valence-electron chi connectivity index (χ4n) is 2.57. The van der Waals surface area contributed by atoms with Gasteiger partial charge in [0.25, 0.3) is 0 Å². The Morgan fingerprint density at radius 2 is 1.67 bits per heavy atom. The highest BCUT2D eigenvalue weighted by atomic mass is 35.5. The molecule has 7 heteroatoms. The molecule has 0 saturated carbocycles. The van der Waals surface area contributed by atoms with Crippen molar-refractivity contribution in [2.24, 2.45) is 5.73 Å². The van der Waals surface area contributed by atoms with Crippen LogP contribution in [0.1, 0.15) is 35.2 Å². The smallest absolute Gasteiger partial charge is 0.223 e. The first kappa shape index (κ1) is 22.7. The monoisotopic (exact) mass is 396 g/mol. The minimum Gasteiger partial charge on any atom is -0.338 e. The van der Waals surface area contributed by atoms with Gasteiger partial charge in [0.15, 0.2) is 17.4 Å². The highest BCUT2D eigenvalue weighted by Crippen LogP contribution is 2.13. The lowest BCUT2D eigenvalue weighted by Gasteiger charge is -2.22. The number of rotatable bonds is 9. The molecule has 0 fully saturated rings. The molecule has 0 bridgehead atoms. The zero-order valence-electron chi connectivity index (χ0n) is 14.9. The topological polar surface area (TPSA) is 63.4 Å². The maximum absolute atomic E-state index is 13.2. The predicted octanol–water partition coefficient (Wildman–Crippen LogP) is 3.73. The number of benzene rings is 2. The number of ketones is 1. The van der Waals surface area contributed by atoms with E-state index in [1.807, 2.05) is 30.3 Å². The van der Waals surface area contributed by atoms with Crippen LogP contribution in [0.15, 0.2) is 48.5 Å². The van der Waals surface area contributed by atoms with Crippen molar-refractivity contribution in [2.45, 2.75) is 25.8 Å². The van der Waals surface area contributed by atoms with Crippen LogP contribution >= 0.6 is 12.4 Å². The zero-order valence-corrected chi connectivity index (χ0v) is 15.7. The highest BCUT2D eigenvalue weighted by molar-refractivity contribution is 5.97. The van der Waals surface area contributed by atoms with Gasteiger partial charge in [-0.25, -0.2) is 8.78 Å². The Morgan fingerprint density at radius 1 is 0.963 bits per heavy atom. The lowest BCUT2D eigenvalue weighted by molar-refractivity contribution is -0.131. The molecule has 0 unspecified atom stereocenters. The van der Waals surface area contributed by atoms with Crippen molar-refractivity contribution >= 4 is 24.1 Å². The molecule has 2 aromatic rings. The molecule has 0 aliphatic rings. The summed E-state index contributed by atoms with van der Waals surface area (Å²) >= 11 is 0. The highest BCUT2D eigenvalue weighted by Gasteiger charge is 2.17. The maximum Gasteiger partial charge on any atom is 0.223 e. The molecule has 0 atom stereocenters. The van der Waals surface area contributed by atoms with Gasteiger partial charge in [-0.1, -0.05) is 30.3 Å². The van der Waals surface area contributed by atoms with Crippen molar-refractivity contribution in [1.29, 1.82) is 0 Å². The fourth-order valence-corrected chi connectivity index (χ4v) is 2.57. The maximum atomic E-state index is 13.2. The van der Waals surface area contributed by atoms with Gasteiger partial charge in [-0.2, -0.15) is 0 Å². The first-order valence-corrected chi connectivity index (χ1v) is 8.51. The standard InChI is InChI=1S/C20H22F2N2O2.ClH/c21-17-8-7-16(13-18(17)22)19(25)9-10-20(26)24(12-4-11-23)14-15-5-2-1-3-6-15;/h1-3,5-8,13H,4,9-12,14,23H2;1H. The van der Waals surface area contributed by atoms with Crippen molar-refractivity contribution in [1.82, 2.24) is 4.90 Å². The lowest BCUT2D eigenvalue weighted by atomic mass is 10.1. The predicted molar refractivity (Wildman–Crippen MR) is 103 cm³/mol. The number of nitrogens with two attached hydrogens (primary N) is 1. The van der Waals surface area contributed by atoms with E-state index in [4.69, 9.17) is 5.73 Å². The minimum atomic E-state index is -1.07. The molecule has 0 aliphatic heterocycles. The Morgan fingerprint density at radius 3 is 2.30 bits per heavy atom. The second-order valence-corrected chi connectivity index (χ2v) is 6.00. The largest absolute Gasteiger partial charge is 0.338 e. The third-order valence-corrected chi connectivity index (χ3v) is 4.01. The Kier molecular flexibility index (Phi) is 9.61. The molecule has 1 amide bonds. The summed E-state index contributed by atoms with van der Waals surface area (Å²) in [7, 11) is 0. The van der Waals surface area contributed by atoms with Crippen LogP contribution < -0.4 is 5.73 Å². The summed E-state index contributed by atoms with van der Waals surface area (Å²) in [5, 5.41) is 0. The molecule has 2 rings (SSSR count). The number of Topliss-reactive ketones (excluding diaryl/α,β-unsaturated/α-hetero) is 1. The third-order valence-electron chi connectivity index (χ3n) is 4.01. The van der Waals surface area contributed by atoms with Gasteiger partial charge in [-0.15, -0.1) is 12.4 Å². The molecule has 27 heavy (non-hydrogen) atoms. The molecule has 0 aliphatic carbocycles. The van der Waals surface area contributed by atoms with E-state index >= 15 is 0 Å². The lowest BCUT2D eigenvalue weighted by Crippen LogP contribution is -2.32. The number of amides is 1. The van der Waals surface area contributed by atoms with Gasteiger partial charge in [-0.3, -0.25) is 9.59 Å². The van der Waals surface area contributed by atoms with Crippen LogP contribution in [-0.2, 0) is 11.3 Å². The van der Waals surface area contributed by atoms with Gasteiger partial charge in [0, 0.05) is 31.5 Å². The van der Waals surface area contributed by atoms with Crippen LogP contribution in [-0.4, -0.2) is 29.7 Å². The van der Waals surface area contributed by atoms with E-state index in [9.17, 15) is 18.4 Å². The molecule has 0 spiro atoms. The van der Waals surface area contributed by atoms with Gasteiger partial charge >= 0.3 is 0 Å².